The SMILES string of the molecule is CCC(C)C(N)C(=O)N1CCC(CCc2ccccc2)CC1.Cl. The zero-order valence-corrected chi connectivity index (χ0v) is 15.2. The average molecular weight is 339 g/mol. The summed E-state index contributed by atoms with van der Waals surface area (Å²) in [6, 6.07) is 10.3. The Labute approximate surface area is 147 Å². The van der Waals surface area contributed by atoms with E-state index < -0.39 is 0 Å². The van der Waals surface area contributed by atoms with Crippen molar-refractivity contribution < 1.29 is 4.79 Å². The lowest BCUT2D eigenvalue weighted by molar-refractivity contribution is -0.135. The molecule has 0 aromatic heterocycles. The molecule has 1 aliphatic heterocycles. The molecule has 2 unspecified atom stereocenters. The molecule has 1 saturated heterocycles. The number of aryl methyl sites for hydroxylation is 1. The summed E-state index contributed by atoms with van der Waals surface area (Å²) in [6.45, 7) is 5.91. The summed E-state index contributed by atoms with van der Waals surface area (Å²) in [5.41, 5.74) is 7.50. The van der Waals surface area contributed by atoms with Crippen molar-refractivity contribution in [1.29, 1.82) is 0 Å². The van der Waals surface area contributed by atoms with Gasteiger partial charge in [0.05, 0.1) is 6.04 Å². The first-order valence-corrected chi connectivity index (χ1v) is 8.70. The van der Waals surface area contributed by atoms with Crippen LogP contribution in [0.5, 0.6) is 0 Å². The third-order valence-electron chi connectivity index (χ3n) is 5.15. The Morgan fingerprint density at radius 2 is 1.87 bits per heavy atom. The molecule has 1 aliphatic rings. The number of halogens is 1. The van der Waals surface area contributed by atoms with Gasteiger partial charge in [-0.2, -0.15) is 0 Å². The van der Waals surface area contributed by atoms with Crippen molar-refractivity contribution in [2.24, 2.45) is 17.6 Å². The van der Waals surface area contributed by atoms with Crippen LogP contribution in [-0.2, 0) is 11.2 Å². The minimum absolute atomic E-state index is 0. The fourth-order valence-corrected chi connectivity index (χ4v) is 3.17. The molecule has 1 aromatic carbocycles. The standard InChI is InChI=1S/C19H30N2O.ClH/c1-3-15(2)18(20)19(22)21-13-11-17(12-14-21)10-9-16-7-5-4-6-8-16;/h4-8,15,17-18H,3,9-14,20H2,1-2H3;1H. The van der Waals surface area contributed by atoms with Gasteiger partial charge in [-0.15, -0.1) is 12.4 Å². The number of likely N-dealkylation sites (tertiary alicyclic amines) is 1. The number of hydrogen-bond donors (Lipinski definition) is 1. The van der Waals surface area contributed by atoms with Crippen LogP contribution in [0.3, 0.4) is 0 Å². The number of hydrogen-bond acceptors (Lipinski definition) is 2. The van der Waals surface area contributed by atoms with Crippen LogP contribution in [0.1, 0.15) is 45.1 Å². The van der Waals surface area contributed by atoms with Crippen molar-refractivity contribution in [3.8, 4) is 0 Å². The second-order valence-corrected chi connectivity index (χ2v) is 6.70. The van der Waals surface area contributed by atoms with Crippen molar-refractivity contribution in [3.63, 3.8) is 0 Å². The predicted octanol–water partition coefficient (Wildman–Crippen LogP) is 3.65. The number of carbonyl (C=O) groups is 1. The van der Waals surface area contributed by atoms with Gasteiger partial charge < -0.3 is 10.6 Å². The van der Waals surface area contributed by atoms with Gasteiger partial charge >= 0.3 is 0 Å². The Balaban J connectivity index is 0.00000264. The van der Waals surface area contributed by atoms with E-state index in [1.807, 2.05) is 4.90 Å². The van der Waals surface area contributed by atoms with Gasteiger partial charge in [0.2, 0.25) is 5.91 Å². The second kappa shape index (κ2) is 9.94. The molecular weight excluding hydrogens is 308 g/mol. The quantitative estimate of drug-likeness (QED) is 0.860. The molecule has 0 saturated carbocycles. The van der Waals surface area contributed by atoms with Crippen LogP contribution in [0.25, 0.3) is 0 Å². The summed E-state index contributed by atoms with van der Waals surface area (Å²) in [7, 11) is 0. The third-order valence-corrected chi connectivity index (χ3v) is 5.15. The van der Waals surface area contributed by atoms with Gasteiger partial charge in [-0.1, -0.05) is 50.6 Å². The highest BCUT2D eigenvalue weighted by molar-refractivity contribution is 5.85. The Hall–Kier alpha value is -1.06. The zero-order chi connectivity index (χ0) is 15.9. The van der Waals surface area contributed by atoms with E-state index in [1.54, 1.807) is 0 Å². The van der Waals surface area contributed by atoms with E-state index in [0.29, 0.717) is 0 Å². The Morgan fingerprint density at radius 1 is 1.26 bits per heavy atom. The fraction of sp³-hybridized carbons (Fsp3) is 0.632. The van der Waals surface area contributed by atoms with Crippen LogP contribution in [0.4, 0.5) is 0 Å². The van der Waals surface area contributed by atoms with Gasteiger partial charge in [0.1, 0.15) is 0 Å². The van der Waals surface area contributed by atoms with E-state index in [9.17, 15) is 4.79 Å². The maximum Gasteiger partial charge on any atom is 0.239 e. The van der Waals surface area contributed by atoms with Crippen molar-refractivity contribution in [2.75, 3.05) is 13.1 Å². The molecule has 0 spiro atoms. The van der Waals surface area contributed by atoms with E-state index in [2.05, 4.69) is 44.2 Å². The van der Waals surface area contributed by atoms with Crippen LogP contribution in [-0.4, -0.2) is 29.9 Å². The molecular formula is C19H31ClN2O. The lowest BCUT2D eigenvalue weighted by Gasteiger charge is -2.34. The summed E-state index contributed by atoms with van der Waals surface area (Å²) in [5.74, 6) is 1.16. The molecule has 23 heavy (non-hydrogen) atoms. The van der Waals surface area contributed by atoms with Crippen LogP contribution >= 0.6 is 12.4 Å². The Morgan fingerprint density at radius 3 is 2.43 bits per heavy atom. The zero-order valence-electron chi connectivity index (χ0n) is 14.4. The minimum Gasteiger partial charge on any atom is -0.341 e. The normalized spacial score (nSPS) is 18.1. The first-order valence-electron chi connectivity index (χ1n) is 8.70. The third kappa shape index (κ3) is 5.82. The Kier molecular flexibility index (Phi) is 8.64. The van der Waals surface area contributed by atoms with Gasteiger partial charge in [0, 0.05) is 13.1 Å². The van der Waals surface area contributed by atoms with Gasteiger partial charge in [0.15, 0.2) is 0 Å². The number of piperidine rings is 1. The van der Waals surface area contributed by atoms with E-state index in [-0.39, 0.29) is 30.3 Å². The van der Waals surface area contributed by atoms with Crippen LogP contribution < -0.4 is 5.73 Å². The van der Waals surface area contributed by atoms with Crippen molar-refractivity contribution in [1.82, 2.24) is 4.90 Å². The van der Waals surface area contributed by atoms with E-state index in [4.69, 9.17) is 5.73 Å². The summed E-state index contributed by atoms with van der Waals surface area (Å²) in [5, 5.41) is 0. The van der Waals surface area contributed by atoms with E-state index in [1.165, 1.54) is 12.0 Å². The number of carbonyl (C=O) groups excluding carboxylic acids is 1. The van der Waals surface area contributed by atoms with Crippen LogP contribution in [0.2, 0.25) is 0 Å². The Bertz CT molecular complexity index is 458. The fourth-order valence-electron chi connectivity index (χ4n) is 3.17. The smallest absolute Gasteiger partial charge is 0.239 e. The van der Waals surface area contributed by atoms with Crippen LogP contribution in [0.15, 0.2) is 30.3 Å². The molecule has 1 fully saturated rings. The minimum atomic E-state index is -0.328. The molecule has 3 nitrogen and oxygen atoms in total. The largest absolute Gasteiger partial charge is 0.341 e. The molecule has 2 atom stereocenters. The first kappa shape index (κ1) is 20.0. The summed E-state index contributed by atoms with van der Waals surface area (Å²) in [6.07, 6.45) is 5.56. The van der Waals surface area contributed by atoms with Gasteiger partial charge in [-0.3, -0.25) is 4.79 Å². The molecule has 2 N–H and O–H groups in total. The second-order valence-electron chi connectivity index (χ2n) is 6.70. The predicted molar refractivity (Wildman–Crippen MR) is 98.7 cm³/mol. The monoisotopic (exact) mass is 338 g/mol. The summed E-state index contributed by atoms with van der Waals surface area (Å²) < 4.78 is 0. The van der Waals surface area contributed by atoms with Gasteiger partial charge in [0.25, 0.3) is 0 Å². The maximum absolute atomic E-state index is 12.4. The topological polar surface area (TPSA) is 46.3 Å². The molecule has 0 radical (unpaired) electrons. The van der Waals surface area contributed by atoms with Crippen molar-refractivity contribution >= 4 is 18.3 Å². The molecule has 1 amide bonds. The summed E-state index contributed by atoms with van der Waals surface area (Å²) in [4.78, 5) is 14.4. The van der Waals surface area contributed by atoms with Crippen molar-refractivity contribution in [3.05, 3.63) is 35.9 Å². The average Bonchev–Trinajstić information content (AvgIpc) is 2.59. The summed E-state index contributed by atoms with van der Waals surface area (Å²) >= 11 is 0. The maximum atomic E-state index is 12.4. The number of amides is 1. The highest BCUT2D eigenvalue weighted by atomic mass is 35.5. The molecule has 1 aromatic rings. The number of nitrogens with zero attached hydrogens (tertiary/aromatic N) is 1. The molecule has 130 valence electrons. The molecule has 1 heterocycles. The van der Waals surface area contributed by atoms with Crippen molar-refractivity contribution in [2.45, 2.75) is 52.0 Å². The molecule has 2 rings (SSSR count). The highest BCUT2D eigenvalue weighted by Crippen LogP contribution is 2.23. The lowest BCUT2D eigenvalue weighted by Crippen LogP contribution is -2.49. The van der Waals surface area contributed by atoms with E-state index >= 15 is 0 Å². The number of rotatable bonds is 6. The molecule has 4 heteroatoms. The molecule has 0 aliphatic carbocycles. The van der Waals surface area contributed by atoms with Gasteiger partial charge in [-0.05, 0) is 43.1 Å². The number of benzene rings is 1. The highest BCUT2D eigenvalue weighted by Gasteiger charge is 2.28. The van der Waals surface area contributed by atoms with Gasteiger partial charge in [-0.25, -0.2) is 0 Å². The first-order chi connectivity index (χ1) is 10.6. The lowest BCUT2D eigenvalue weighted by atomic mass is 9.89. The van der Waals surface area contributed by atoms with Crippen LogP contribution in [0, 0.1) is 11.8 Å². The molecule has 0 bridgehead atoms. The number of nitrogens with two attached hydrogens (primary N) is 1. The van der Waals surface area contributed by atoms with E-state index in [0.717, 1.165) is 44.7 Å².